The number of hydrogen-bond acceptors (Lipinski definition) is 4. The minimum atomic E-state index is -0.0531. The fourth-order valence-electron chi connectivity index (χ4n) is 1.34. The van der Waals surface area contributed by atoms with Crippen LogP contribution < -0.4 is 11.1 Å². The average Bonchev–Trinajstić information content (AvgIpc) is 2.30. The number of benzene rings is 1. The maximum absolute atomic E-state index is 11.7. The first kappa shape index (κ1) is 13.5. The molecule has 1 aromatic carbocycles. The van der Waals surface area contributed by atoms with E-state index in [0.717, 1.165) is 11.3 Å². The first-order valence-corrected chi connectivity index (χ1v) is 5.44. The third-order valence-electron chi connectivity index (χ3n) is 2.50. The topological polar surface area (TPSA) is 67.6 Å². The number of nitrogens with zero attached hydrogens (tertiary/aromatic N) is 1. The molecular formula is C12H19N3O2. The molecule has 0 aromatic heterocycles. The predicted octanol–water partition coefficient (Wildman–Crippen LogP) is 1.40. The van der Waals surface area contributed by atoms with Gasteiger partial charge >= 0.3 is 0 Å². The molecule has 1 aromatic rings. The second-order valence-corrected chi connectivity index (χ2v) is 3.91. The van der Waals surface area contributed by atoms with Gasteiger partial charge in [0.15, 0.2) is 0 Å². The molecule has 0 saturated carbocycles. The Balaban J connectivity index is 2.53. The third-order valence-corrected chi connectivity index (χ3v) is 2.50. The fraction of sp³-hybridized carbons (Fsp3) is 0.417. The highest BCUT2D eigenvalue weighted by Crippen LogP contribution is 2.18. The third kappa shape index (κ3) is 4.42. The largest absolute Gasteiger partial charge is 0.399 e. The van der Waals surface area contributed by atoms with E-state index < -0.39 is 0 Å². The second kappa shape index (κ2) is 6.22. The number of carbonyl (C=O) groups excluding carboxylic acids is 1. The van der Waals surface area contributed by atoms with Gasteiger partial charge in [-0.25, -0.2) is 0 Å². The van der Waals surface area contributed by atoms with E-state index in [9.17, 15) is 4.79 Å². The molecule has 94 valence electrons. The average molecular weight is 237 g/mol. The van der Waals surface area contributed by atoms with Gasteiger partial charge in [-0.2, -0.15) is 5.06 Å². The lowest BCUT2D eigenvalue weighted by Gasteiger charge is -2.13. The monoisotopic (exact) mass is 237 g/mol. The summed E-state index contributed by atoms with van der Waals surface area (Å²) >= 11 is 0. The molecule has 0 saturated heterocycles. The Bertz CT molecular complexity index is 393. The van der Waals surface area contributed by atoms with Gasteiger partial charge < -0.3 is 15.9 Å². The van der Waals surface area contributed by atoms with E-state index in [1.807, 2.05) is 19.1 Å². The highest BCUT2D eigenvalue weighted by atomic mass is 16.7. The van der Waals surface area contributed by atoms with Crippen LogP contribution in [0.4, 0.5) is 11.4 Å². The van der Waals surface area contributed by atoms with Crippen LogP contribution in [0.15, 0.2) is 18.2 Å². The molecule has 1 rings (SSSR count). The molecule has 0 spiro atoms. The number of carbonyl (C=O) groups is 1. The summed E-state index contributed by atoms with van der Waals surface area (Å²) in [7, 11) is 3.35. The first-order chi connectivity index (χ1) is 8.02. The van der Waals surface area contributed by atoms with Crippen molar-refractivity contribution < 1.29 is 9.63 Å². The standard InChI is InChI=1S/C12H19N3O2/c1-9-4-5-10(13)8-11(9)14-12(16)6-7-15(2)17-3/h4-5,8H,6-7,13H2,1-3H3,(H,14,16). The molecule has 0 fully saturated rings. The molecule has 0 bridgehead atoms. The van der Waals surface area contributed by atoms with E-state index in [-0.39, 0.29) is 5.91 Å². The fourth-order valence-corrected chi connectivity index (χ4v) is 1.34. The van der Waals surface area contributed by atoms with Crippen LogP contribution in [0.2, 0.25) is 0 Å². The van der Waals surface area contributed by atoms with Crippen molar-refractivity contribution in [3.8, 4) is 0 Å². The zero-order valence-corrected chi connectivity index (χ0v) is 10.5. The lowest BCUT2D eigenvalue weighted by Crippen LogP contribution is -2.23. The molecule has 0 aliphatic carbocycles. The number of nitrogens with one attached hydrogen (secondary N) is 1. The van der Waals surface area contributed by atoms with Crippen molar-refractivity contribution in [2.24, 2.45) is 0 Å². The van der Waals surface area contributed by atoms with Gasteiger partial charge in [-0.05, 0) is 24.6 Å². The summed E-state index contributed by atoms with van der Waals surface area (Å²) in [5.74, 6) is -0.0531. The van der Waals surface area contributed by atoms with Gasteiger partial charge in [-0.1, -0.05) is 6.07 Å². The molecule has 0 radical (unpaired) electrons. The molecule has 5 heteroatoms. The Morgan fingerprint density at radius 3 is 2.88 bits per heavy atom. The van der Waals surface area contributed by atoms with E-state index in [1.54, 1.807) is 25.3 Å². The van der Waals surface area contributed by atoms with Crippen molar-refractivity contribution in [3.05, 3.63) is 23.8 Å². The van der Waals surface area contributed by atoms with Crippen molar-refractivity contribution in [2.45, 2.75) is 13.3 Å². The SMILES string of the molecule is CON(C)CCC(=O)Nc1cc(N)ccc1C. The number of rotatable bonds is 5. The van der Waals surface area contributed by atoms with Gasteiger partial charge in [-0.15, -0.1) is 0 Å². The maximum Gasteiger partial charge on any atom is 0.225 e. The minimum absolute atomic E-state index is 0.0531. The van der Waals surface area contributed by atoms with Gasteiger partial charge in [0.25, 0.3) is 0 Å². The Labute approximate surface area is 101 Å². The highest BCUT2D eigenvalue weighted by molar-refractivity contribution is 5.92. The van der Waals surface area contributed by atoms with E-state index in [0.29, 0.717) is 18.7 Å². The normalized spacial score (nSPS) is 10.6. The molecule has 0 unspecified atom stereocenters. The number of anilines is 2. The summed E-state index contributed by atoms with van der Waals surface area (Å²) in [6.07, 6.45) is 0.374. The Morgan fingerprint density at radius 1 is 1.53 bits per heavy atom. The smallest absolute Gasteiger partial charge is 0.225 e. The van der Waals surface area contributed by atoms with Crippen LogP contribution in [0, 0.1) is 6.92 Å². The summed E-state index contributed by atoms with van der Waals surface area (Å²) < 4.78 is 0. The van der Waals surface area contributed by atoms with E-state index in [2.05, 4.69) is 5.32 Å². The van der Waals surface area contributed by atoms with Crippen LogP contribution in [0.5, 0.6) is 0 Å². The summed E-state index contributed by atoms with van der Waals surface area (Å²) in [4.78, 5) is 16.6. The van der Waals surface area contributed by atoms with Crippen molar-refractivity contribution in [2.75, 3.05) is 31.8 Å². The van der Waals surface area contributed by atoms with Crippen molar-refractivity contribution in [1.82, 2.24) is 5.06 Å². The number of hydroxylamine groups is 2. The lowest BCUT2D eigenvalue weighted by molar-refractivity contribution is -0.126. The zero-order valence-electron chi connectivity index (χ0n) is 10.5. The Morgan fingerprint density at radius 2 is 2.24 bits per heavy atom. The van der Waals surface area contributed by atoms with Crippen LogP contribution in [0.3, 0.4) is 0 Å². The van der Waals surface area contributed by atoms with E-state index in [1.165, 1.54) is 0 Å². The van der Waals surface area contributed by atoms with Crippen LogP contribution in [0.25, 0.3) is 0 Å². The molecule has 17 heavy (non-hydrogen) atoms. The Hall–Kier alpha value is -1.59. The summed E-state index contributed by atoms with van der Waals surface area (Å²) in [5.41, 5.74) is 8.06. The van der Waals surface area contributed by atoms with Crippen LogP contribution >= 0.6 is 0 Å². The van der Waals surface area contributed by atoms with Crippen LogP contribution in [-0.4, -0.2) is 31.7 Å². The second-order valence-electron chi connectivity index (χ2n) is 3.91. The van der Waals surface area contributed by atoms with E-state index in [4.69, 9.17) is 10.6 Å². The van der Waals surface area contributed by atoms with E-state index >= 15 is 0 Å². The van der Waals surface area contributed by atoms with Crippen molar-refractivity contribution in [3.63, 3.8) is 0 Å². The molecule has 0 heterocycles. The van der Waals surface area contributed by atoms with Crippen LogP contribution in [-0.2, 0) is 9.63 Å². The van der Waals surface area contributed by atoms with Gasteiger partial charge in [-0.3, -0.25) is 4.79 Å². The Kier molecular flexibility index (Phi) is 4.93. The molecule has 1 amide bonds. The predicted molar refractivity (Wildman–Crippen MR) is 68.5 cm³/mol. The molecular weight excluding hydrogens is 218 g/mol. The highest BCUT2D eigenvalue weighted by Gasteiger charge is 2.06. The zero-order chi connectivity index (χ0) is 12.8. The molecule has 5 nitrogen and oxygen atoms in total. The number of hydrogen-bond donors (Lipinski definition) is 2. The molecule has 0 aliphatic rings. The number of aryl methyl sites for hydroxylation is 1. The summed E-state index contributed by atoms with van der Waals surface area (Å²) in [6, 6.07) is 5.45. The maximum atomic E-state index is 11.7. The van der Waals surface area contributed by atoms with Crippen LogP contribution in [0.1, 0.15) is 12.0 Å². The minimum Gasteiger partial charge on any atom is -0.399 e. The van der Waals surface area contributed by atoms with Crippen molar-refractivity contribution in [1.29, 1.82) is 0 Å². The summed E-state index contributed by atoms with van der Waals surface area (Å²) in [6.45, 7) is 2.47. The van der Waals surface area contributed by atoms with Gasteiger partial charge in [0.1, 0.15) is 0 Å². The van der Waals surface area contributed by atoms with Crippen molar-refractivity contribution >= 4 is 17.3 Å². The number of nitrogens with two attached hydrogens (primary N) is 1. The number of amides is 1. The molecule has 3 N–H and O–H groups in total. The molecule has 0 atom stereocenters. The first-order valence-electron chi connectivity index (χ1n) is 5.44. The lowest BCUT2D eigenvalue weighted by atomic mass is 10.2. The quantitative estimate of drug-likeness (QED) is 0.600. The van der Waals surface area contributed by atoms with Gasteiger partial charge in [0, 0.05) is 31.4 Å². The van der Waals surface area contributed by atoms with Gasteiger partial charge in [0.2, 0.25) is 5.91 Å². The molecule has 0 aliphatic heterocycles. The number of nitrogen functional groups attached to an aromatic ring is 1. The van der Waals surface area contributed by atoms with Gasteiger partial charge in [0.05, 0.1) is 7.11 Å². The summed E-state index contributed by atoms with van der Waals surface area (Å²) in [5, 5.41) is 4.43.